The molecular formula is C24H41F2NO2SSi. The highest BCUT2D eigenvalue weighted by Gasteiger charge is 2.48. The lowest BCUT2D eigenvalue weighted by Crippen LogP contribution is -2.57. The summed E-state index contributed by atoms with van der Waals surface area (Å²) in [6.07, 6.45) is 3.18. The van der Waals surface area contributed by atoms with Gasteiger partial charge in [-0.15, -0.1) is 4.72 Å². The normalized spacial score (nSPS) is 25.3. The van der Waals surface area contributed by atoms with Gasteiger partial charge in [-0.05, 0) is 82.3 Å². The average Bonchev–Trinajstić information content (AvgIpc) is 2.65. The lowest BCUT2D eigenvalue weighted by Gasteiger charge is -2.47. The topological polar surface area (TPSA) is 44.3 Å². The van der Waals surface area contributed by atoms with Gasteiger partial charge in [0.05, 0.1) is 6.04 Å². The van der Waals surface area contributed by atoms with E-state index in [1.165, 1.54) is 12.1 Å². The maximum absolute atomic E-state index is 14.4. The molecule has 1 aromatic rings. The van der Waals surface area contributed by atoms with Crippen molar-refractivity contribution in [1.82, 2.24) is 4.72 Å². The van der Waals surface area contributed by atoms with Crippen LogP contribution in [0, 0.1) is 5.82 Å². The molecule has 1 N–H and O–H groups in total. The molecule has 1 saturated carbocycles. The van der Waals surface area contributed by atoms with Crippen molar-refractivity contribution in [3.63, 3.8) is 0 Å². The maximum Gasteiger partial charge on any atom is 0.192 e. The van der Waals surface area contributed by atoms with E-state index in [9.17, 15) is 13.3 Å². The van der Waals surface area contributed by atoms with E-state index in [0.717, 1.165) is 18.4 Å². The fourth-order valence-corrected chi connectivity index (χ4v) is 6.36. The number of hydrogen-bond acceptors (Lipinski definition) is 3. The number of hydrogen-bond donors (Lipinski definition) is 1. The molecule has 178 valence electrons. The summed E-state index contributed by atoms with van der Waals surface area (Å²) in [7, 11) is -1.90. The first-order chi connectivity index (χ1) is 14.1. The summed E-state index contributed by atoms with van der Waals surface area (Å²) in [5.74, 6) is -0.308. The highest BCUT2D eigenvalue weighted by atomic mass is 32.2. The number of benzene rings is 1. The van der Waals surface area contributed by atoms with Gasteiger partial charge in [0.25, 0.3) is 0 Å². The molecule has 1 aromatic carbocycles. The SMILES string of the molecule is CC(C)(C)[S+]([O-])N[C@@H](CF)[C@]1(c2ccc(F)cc2)CC[C@H](O[Si](C)(C)C(C)(C)C)CC1. The quantitative estimate of drug-likeness (QED) is 0.367. The van der Waals surface area contributed by atoms with E-state index in [1.54, 1.807) is 12.1 Å². The molecular weight excluding hydrogens is 432 g/mol. The molecule has 1 fully saturated rings. The first kappa shape index (κ1) is 26.8. The molecule has 0 heterocycles. The van der Waals surface area contributed by atoms with Crippen molar-refractivity contribution in [2.24, 2.45) is 0 Å². The molecule has 0 saturated heterocycles. The summed E-state index contributed by atoms with van der Waals surface area (Å²) in [4.78, 5) is 0. The Morgan fingerprint density at radius 1 is 1.13 bits per heavy atom. The number of rotatable bonds is 7. The van der Waals surface area contributed by atoms with Gasteiger partial charge in [-0.25, -0.2) is 8.78 Å². The van der Waals surface area contributed by atoms with E-state index in [-0.39, 0.29) is 17.0 Å². The van der Waals surface area contributed by atoms with E-state index in [0.29, 0.717) is 12.8 Å². The molecule has 0 aromatic heterocycles. The van der Waals surface area contributed by atoms with Crippen molar-refractivity contribution in [3.8, 4) is 0 Å². The summed E-state index contributed by atoms with van der Waals surface area (Å²) in [5, 5.41) is 0.130. The summed E-state index contributed by atoms with van der Waals surface area (Å²) in [5.41, 5.74) is 0.358. The third kappa shape index (κ3) is 6.31. The van der Waals surface area contributed by atoms with Crippen LogP contribution in [-0.4, -0.2) is 36.4 Å². The van der Waals surface area contributed by atoms with Crippen molar-refractivity contribution in [3.05, 3.63) is 35.6 Å². The van der Waals surface area contributed by atoms with Crippen LogP contribution in [0.15, 0.2) is 24.3 Å². The van der Waals surface area contributed by atoms with Crippen LogP contribution >= 0.6 is 0 Å². The fourth-order valence-electron chi connectivity index (χ4n) is 4.04. The van der Waals surface area contributed by atoms with Crippen molar-refractivity contribution in [2.45, 2.75) is 108 Å². The van der Waals surface area contributed by atoms with Crippen molar-refractivity contribution >= 4 is 19.7 Å². The second kappa shape index (κ2) is 9.80. The van der Waals surface area contributed by atoms with Gasteiger partial charge in [-0.3, -0.25) is 0 Å². The summed E-state index contributed by atoms with van der Waals surface area (Å²) < 4.78 is 50.1. The zero-order chi connectivity index (χ0) is 23.7. The smallest absolute Gasteiger partial charge is 0.192 e. The third-order valence-electron chi connectivity index (χ3n) is 7.14. The van der Waals surface area contributed by atoms with Crippen LogP contribution < -0.4 is 4.72 Å². The Labute approximate surface area is 192 Å². The second-order valence-electron chi connectivity index (χ2n) is 11.4. The van der Waals surface area contributed by atoms with Gasteiger partial charge in [0.1, 0.15) is 17.2 Å². The first-order valence-electron chi connectivity index (χ1n) is 11.3. The Hall–Kier alpha value is -0.473. The zero-order valence-electron chi connectivity index (χ0n) is 20.5. The molecule has 0 amide bonds. The zero-order valence-corrected chi connectivity index (χ0v) is 22.3. The van der Waals surface area contributed by atoms with Crippen molar-refractivity contribution in [1.29, 1.82) is 0 Å². The Morgan fingerprint density at radius 3 is 2.06 bits per heavy atom. The van der Waals surface area contributed by atoms with Gasteiger partial charge in [-0.2, -0.15) is 0 Å². The molecule has 0 bridgehead atoms. The van der Waals surface area contributed by atoms with Crippen LogP contribution in [0.3, 0.4) is 0 Å². The highest BCUT2D eigenvalue weighted by molar-refractivity contribution is 7.90. The van der Waals surface area contributed by atoms with Crippen LogP contribution in [0.25, 0.3) is 0 Å². The van der Waals surface area contributed by atoms with Gasteiger partial charge >= 0.3 is 0 Å². The van der Waals surface area contributed by atoms with Gasteiger partial charge in [0, 0.05) is 22.9 Å². The maximum atomic E-state index is 14.4. The van der Waals surface area contributed by atoms with Crippen LogP contribution in [0.1, 0.15) is 72.8 Å². The predicted molar refractivity (Wildman–Crippen MR) is 129 cm³/mol. The summed E-state index contributed by atoms with van der Waals surface area (Å²) in [6.45, 7) is 16.2. The van der Waals surface area contributed by atoms with Gasteiger partial charge < -0.3 is 8.98 Å². The molecule has 0 aliphatic heterocycles. The molecule has 3 nitrogen and oxygen atoms in total. The molecule has 0 radical (unpaired) electrons. The minimum Gasteiger partial charge on any atom is -0.598 e. The van der Waals surface area contributed by atoms with E-state index in [4.69, 9.17) is 4.43 Å². The Balaban J connectivity index is 2.30. The molecule has 1 aliphatic rings. The predicted octanol–water partition coefficient (Wildman–Crippen LogP) is 6.42. The summed E-state index contributed by atoms with van der Waals surface area (Å²) >= 11 is -1.40. The third-order valence-corrected chi connectivity index (χ3v) is 13.3. The van der Waals surface area contributed by atoms with Crippen molar-refractivity contribution < 1.29 is 17.8 Å². The summed E-state index contributed by atoms with van der Waals surface area (Å²) in [6, 6.07) is 5.78. The second-order valence-corrected chi connectivity index (χ2v) is 18.2. The lowest BCUT2D eigenvalue weighted by atomic mass is 9.64. The monoisotopic (exact) mass is 473 g/mol. The van der Waals surface area contributed by atoms with Crippen LogP contribution in [0.2, 0.25) is 18.1 Å². The van der Waals surface area contributed by atoms with Crippen LogP contribution in [0.4, 0.5) is 8.78 Å². The Morgan fingerprint density at radius 2 is 1.65 bits per heavy atom. The molecule has 31 heavy (non-hydrogen) atoms. The molecule has 2 rings (SSSR count). The van der Waals surface area contributed by atoms with E-state index in [2.05, 4.69) is 38.6 Å². The molecule has 1 unspecified atom stereocenters. The molecule has 2 atom stereocenters. The minimum atomic E-state index is -1.90. The molecule has 1 aliphatic carbocycles. The number of halogens is 2. The Kier molecular flexibility index (Phi) is 8.46. The number of alkyl halides is 1. The molecule has 0 spiro atoms. The van der Waals surface area contributed by atoms with E-state index < -0.39 is 42.6 Å². The molecule has 7 heteroatoms. The average molecular weight is 474 g/mol. The van der Waals surface area contributed by atoms with E-state index in [1.807, 2.05) is 20.8 Å². The fraction of sp³-hybridized carbons (Fsp3) is 0.750. The Bertz CT molecular complexity index is 708. The first-order valence-corrected chi connectivity index (χ1v) is 15.4. The van der Waals surface area contributed by atoms with E-state index >= 15 is 0 Å². The largest absolute Gasteiger partial charge is 0.598 e. The van der Waals surface area contributed by atoms with Crippen LogP contribution in [0.5, 0.6) is 0 Å². The standard InChI is InChI=1S/C24H41F2NO2SSi/c1-22(2,3)30(28)27-21(17-25)24(18-9-11-19(26)12-10-18)15-13-20(14-16-24)29-31(7,8)23(4,5)6/h9-12,20-21,27H,13-17H2,1-8H3/t20-,21-,24+,30?/m0/s1. The number of nitrogens with one attached hydrogen (secondary N) is 1. The minimum absolute atomic E-state index is 0.130. The van der Waals surface area contributed by atoms with Crippen molar-refractivity contribution in [2.75, 3.05) is 6.67 Å². The van der Waals surface area contributed by atoms with Crippen LogP contribution in [-0.2, 0) is 21.2 Å². The van der Waals surface area contributed by atoms with Gasteiger partial charge in [0.15, 0.2) is 8.32 Å². The highest BCUT2D eigenvalue weighted by Crippen LogP contribution is 2.46. The van der Waals surface area contributed by atoms with Gasteiger partial charge in [-0.1, -0.05) is 32.9 Å². The van der Waals surface area contributed by atoms with Gasteiger partial charge in [0.2, 0.25) is 0 Å². The lowest BCUT2D eigenvalue weighted by molar-refractivity contribution is 0.0852.